The van der Waals surface area contributed by atoms with Gasteiger partial charge in [-0.25, -0.2) is 9.80 Å². The van der Waals surface area contributed by atoms with Crippen LogP contribution in [0.1, 0.15) is 30.0 Å². The van der Waals surface area contributed by atoms with E-state index in [1.807, 2.05) is 56.3 Å². The predicted molar refractivity (Wildman–Crippen MR) is 139 cm³/mol. The largest absolute Gasteiger partial charge is 0.479 e. The minimum absolute atomic E-state index is 0.0296. The summed E-state index contributed by atoms with van der Waals surface area (Å²) < 4.78 is 15.7. The third-order valence-electron chi connectivity index (χ3n) is 5.59. The summed E-state index contributed by atoms with van der Waals surface area (Å²) in [5.74, 6) is -2.02. The molecule has 0 saturated carbocycles. The van der Waals surface area contributed by atoms with E-state index in [2.05, 4.69) is 10.6 Å². The number of rotatable bonds is 14. The van der Waals surface area contributed by atoms with Gasteiger partial charge in [0.2, 0.25) is 5.76 Å². The molecule has 0 aliphatic carbocycles. The van der Waals surface area contributed by atoms with Crippen LogP contribution in [0.2, 0.25) is 5.02 Å². The van der Waals surface area contributed by atoms with Crippen LogP contribution in [0.5, 0.6) is 5.88 Å². The normalized spacial score (nSPS) is 12.9. The summed E-state index contributed by atoms with van der Waals surface area (Å²) in [5.41, 5.74) is 11.1. The number of nitrogens with two attached hydrogens (primary N) is 1. The second kappa shape index (κ2) is 13.9. The van der Waals surface area contributed by atoms with Crippen molar-refractivity contribution in [2.24, 2.45) is 11.7 Å². The Morgan fingerprint density at radius 1 is 1.16 bits per heavy atom. The molecule has 0 fully saturated rings. The summed E-state index contributed by atoms with van der Waals surface area (Å²) >= 11 is 6.07. The number of amides is 1. The second-order valence-electron chi connectivity index (χ2n) is 8.95. The number of aromatic nitrogens is 1. The van der Waals surface area contributed by atoms with Crippen LogP contribution in [0.25, 0.3) is 11.1 Å². The van der Waals surface area contributed by atoms with Crippen LogP contribution in [0.3, 0.4) is 0 Å². The first-order chi connectivity index (χ1) is 18.1. The van der Waals surface area contributed by atoms with Crippen LogP contribution < -0.4 is 15.9 Å². The quantitative estimate of drug-likeness (QED) is 0.134. The summed E-state index contributed by atoms with van der Waals surface area (Å²) in [5, 5.41) is 24.6. The molecule has 204 valence electrons. The molecule has 38 heavy (non-hydrogen) atoms. The highest BCUT2D eigenvalue weighted by Gasteiger charge is 2.22. The summed E-state index contributed by atoms with van der Waals surface area (Å²) in [6, 6.07) is 16.0. The number of nitrogens with one attached hydrogen (secondary N) is 1. The first kappa shape index (κ1) is 29.1. The second-order valence-corrected chi connectivity index (χ2v) is 9.39. The average Bonchev–Trinajstić information content (AvgIpc) is 3.36. The van der Waals surface area contributed by atoms with E-state index in [9.17, 15) is 14.7 Å². The molecular weight excluding hydrogens is 516 g/mol. The molecule has 1 amide bonds. The minimum atomic E-state index is -1.73. The van der Waals surface area contributed by atoms with E-state index in [0.29, 0.717) is 11.6 Å². The van der Waals surface area contributed by atoms with Gasteiger partial charge in [0.05, 0.1) is 19.2 Å². The third kappa shape index (κ3) is 8.82. The summed E-state index contributed by atoms with van der Waals surface area (Å²) in [6.45, 7) is 3.85. The summed E-state index contributed by atoms with van der Waals surface area (Å²) in [4.78, 5) is 24.0. The number of aliphatic hydroxyl groups excluding tert-OH is 1. The summed E-state index contributed by atoms with van der Waals surface area (Å²) in [7, 11) is 0. The number of aliphatic carboxylic acids is 1. The number of nitrogens with zero attached hydrogens (tertiary/aromatic N) is 2. The van der Waals surface area contributed by atoms with Crippen molar-refractivity contribution in [2.75, 3.05) is 19.9 Å². The molecule has 3 aromatic rings. The highest BCUT2D eigenvalue weighted by atomic mass is 35.5. The molecule has 12 heteroatoms. The Balaban J connectivity index is 1.62. The molecule has 11 nitrogen and oxygen atoms in total. The lowest BCUT2D eigenvalue weighted by molar-refractivity contribution is -0.148. The minimum Gasteiger partial charge on any atom is -0.479 e. The number of aliphatic hydroxyl groups is 1. The number of hydrogen-bond donors (Lipinski definition) is 4. The fraction of sp³-hybridized carbons (Fsp3) is 0.346. The number of carboxylic acids is 1. The van der Waals surface area contributed by atoms with Crippen molar-refractivity contribution in [3.8, 4) is 17.0 Å². The first-order valence-corrected chi connectivity index (χ1v) is 12.2. The Morgan fingerprint density at radius 2 is 1.89 bits per heavy atom. The molecule has 0 radical (unpaired) electrons. The van der Waals surface area contributed by atoms with Gasteiger partial charge in [-0.3, -0.25) is 10.2 Å². The van der Waals surface area contributed by atoms with Crippen molar-refractivity contribution in [2.45, 2.75) is 32.5 Å². The van der Waals surface area contributed by atoms with Gasteiger partial charge in [-0.2, -0.15) is 0 Å². The van der Waals surface area contributed by atoms with Crippen molar-refractivity contribution in [3.63, 3.8) is 0 Å². The SMILES string of the molecule is CC(C)C(N)COCOc1cc(C(=O)NN(Cc2ccc(-c3cccc(Cl)c3)cc2)CC(O)C(=O)O)on1. The van der Waals surface area contributed by atoms with Crippen LogP contribution in [0, 0.1) is 5.92 Å². The zero-order valence-electron chi connectivity index (χ0n) is 21.0. The topological polar surface area (TPSA) is 160 Å². The molecule has 3 rings (SSSR count). The number of halogens is 1. The fourth-order valence-electron chi connectivity index (χ4n) is 3.24. The molecule has 0 aliphatic heterocycles. The van der Waals surface area contributed by atoms with Gasteiger partial charge in [0.1, 0.15) is 0 Å². The lowest BCUT2D eigenvalue weighted by Crippen LogP contribution is -2.47. The Morgan fingerprint density at radius 3 is 2.55 bits per heavy atom. The Hall–Kier alpha value is -3.48. The lowest BCUT2D eigenvalue weighted by atomic mass is 10.0. The van der Waals surface area contributed by atoms with E-state index in [0.717, 1.165) is 16.7 Å². The zero-order valence-corrected chi connectivity index (χ0v) is 21.8. The number of carbonyl (C=O) groups excluding carboxylic acids is 1. The molecule has 1 heterocycles. The maximum atomic E-state index is 12.7. The number of benzene rings is 2. The van der Waals surface area contributed by atoms with Gasteiger partial charge >= 0.3 is 11.9 Å². The van der Waals surface area contributed by atoms with Crippen LogP contribution in [0.4, 0.5) is 0 Å². The van der Waals surface area contributed by atoms with Crippen LogP contribution >= 0.6 is 11.6 Å². The fourth-order valence-corrected chi connectivity index (χ4v) is 3.43. The van der Waals surface area contributed by atoms with E-state index in [1.54, 1.807) is 6.07 Å². The highest BCUT2D eigenvalue weighted by molar-refractivity contribution is 6.30. The van der Waals surface area contributed by atoms with E-state index < -0.39 is 18.0 Å². The molecule has 5 N–H and O–H groups in total. The Bertz CT molecular complexity index is 1200. The maximum Gasteiger partial charge on any atom is 0.333 e. The lowest BCUT2D eigenvalue weighted by Gasteiger charge is -2.24. The molecule has 0 spiro atoms. The smallest absolute Gasteiger partial charge is 0.333 e. The Labute approximate surface area is 225 Å². The predicted octanol–water partition coefficient (Wildman–Crippen LogP) is 2.92. The number of carbonyl (C=O) groups is 2. The van der Waals surface area contributed by atoms with Crippen LogP contribution in [0.15, 0.2) is 59.1 Å². The Kier molecular flexibility index (Phi) is 10.6. The van der Waals surface area contributed by atoms with Crippen LogP contribution in [-0.2, 0) is 16.1 Å². The number of hydrazine groups is 1. The monoisotopic (exact) mass is 546 g/mol. The van der Waals surface area contributed by atoms with Crippen molar-refractivity contribution in [3.05, 3.63) is 70.9 Å². The maximum absolute atomic E-state index is 12.7. The highest BCUT2D eigenvalue weighted by Crippen LogP contribution is 2.23. The number of hydrogen-bond acceptors (Lipinski definition) is 9. The number of ether oxygens (including phenoxy) is 2. The standard InChI is InChI=1S/C26H31ClN4O7/c1-16(2)21(28)14-36-15-37-24-11-23(38-30-24)25(33)29-31(13-22(32)26(34)35)12-17-6-8-18(9-7-17)19-4-3-5-20(27)10-19/h3-11,16,21-22,32H,12-15,28H2,1-2H3,(H,29,33)(H,34,35). The molecule has 0 aliphatic rings. The zero-order chi connectivity index (χ0) is 27.7. The van der Waals surface area contributed by atoms with Gasteiger partial charge < -0.3 is 29.9 Å². The van der Waals surface area contributed by atoms with Crippen molar-refractivity contribution >= 4 is 23.5 Å². The average molecular weight is 547 g/mol. The first-order valence-electron chi connectivity index (χ1n) is 11.9. The van der Waals surface area contributed by atoms with Gasteiger partial charge in [-0.05, 0) is 39.9 Å². The van der Waals surface area contributed by atoms with Gasteiger partial charge in [-0.1, -0.05) is 61.8 Å². The van der Waals surface area contributed by atoms with E-state index in [4.69, 9.17) is 36.4 Å². The molecule has 2 atom stereocenters. The van der Waals surface area contributed by atoms with E-state index >= 15 is 0 Å². The summed E-state index contributed by atoms with van der Waals surface area (Å²) in [6.07, 6.45) is -1.73. The van der Waals surface area contributed by atoms with Gasteiger partial charge in [0, 0.05) is 17.6 Å². The molecule has 1 aromatic heterocycles. The number of carboxylic acid groups (broad SMARTS) is 1. The molecule has 2 unspecified atom stereocenters. The van der Waals surface area contributed by atoms with Gasteiger partial charge in [-0.15, -0.1) is 0 Å². The van der Waals surface area contributed by atoms with Crippen molar-refractivity contribution in [1.82, 2.24) is 15.6 Å². The third-order valence-corrected chi connectivity index (χ3v) is 5.83. The van der Waals surface area contributed by atoms with E-state index in [-0.39, 0.29) is 43.5 Å². The van der Waals surface area contributed by atoms with Gasteiger partial charge in [0.25, 0.3) is 5.88 Å². The van der Waals surface area contributed by atoms with Crippen molar-refractivity contribution < 1.29 is 33.8 Å². The molecule has 2 aromatic carbocycles. The van der Waals surface area contributed by atoms with E-state index in [1.165, 1.54) is 11.1 Å². The van der Waals surface area contributed by atoms with Gasteiger partial charge in [0.15, 0.2) is 12.9 Å². The molecule has 0 saturated heterocycles. The molecule has 0 bridgehead atoms. The van der Waals surface area contributed by atoms with Crippen LogP contribution in [-0.4, -0.2) is 64.3 Å². The van der Waals surface area contributed by atoms with Crippen molar-refractivity contribution in [1.29, 1.82) is 0 Å². The molecular formula is C26H31ClN4O7.